The molecule has 0 aliphatic carbocycles. The van der Waals surface area contributed by atoms with Crippen LogP contribution >= 0.6 is 12.2 Å². The molecule has 136 valence electrons. The lowest BCUT2D eigenvalue weighted by Crippen LogP contribution is -2.50. The molecular weight excluding hydrogens is 360 g/mol. The number of amides is 3. The van der Waals surface area contributed by atoms with Crippen LogP contribution in [0.4, 0.5) is 0 Å². The number of hydrazine groups is 1. The van der Waals surface area contributed by atoms with E-state index in [0.29, 0.717) is 12.3 Å². The summed E-state index contributed by atoms with van der Waals surface area (Å²) in [6.07, 6.45) is 2.99. The molecule has 1 atom stereocenters. The third kappa shape index (κ3) is 4.28. The Bertz CT molecular complexity index is 803. The lowest BCUT2D eigenvalue weighted by molar-refractivity contribution is -0.129. The minimum absolute atomic E-state index is 0.0866. The molecule has 26 heavy (non-hydrogen) atoms. The third-order valence-corrected chi connectivity index (χ3v) is 3.99. The number of hydrogen-bond donors (Lipinski definition) is 3. The average molecular weight is 376 g/mol. The van der Waals surface area contributed by atoms with E-state index < -0.39 is 17.7 Å². The van der Waals surface area contributed by atoms with Gasteiger partial charge in [0.05, 0.1) is 25.0 Å². The fourth-order valence-corrected chi connectivity index (χ4v) is 2.66. The molecule has 2 aromatic heterocycles. The summed E-state index contributed by atoms with van der Waals surface area (Å²) in [5.74, 6) is -0.837. The van der Waals surface area contributed by atoms with Gasteiger partial charge in [-0.25, -0.2) is 0 Å². The van der Waals surface area contributed by atoms with Gasteiger partial charge in [-0.3, -0.25) is 30.6 Å². The number of carbonyl (C=O) groups is 3. The van der Waals surface area contributed by atoms with Gasteiger partial charge in [-0.2, -0.15) is 0 Å². The highest BCUT2D eigenvalue weighted by molar-refractivity contribution is 7.80. The number of hydrogen-bond acceptors (Lipinski definition) is 6. The van der Waals surface area contributed by atoms with Gasteiger partial charge in [-0.1, -0.05) is 0 Å². The quantitative estimate of drug-likeness (QED) is 0.527. The summed E-state index contributed by atoms with van der Waals surface area (Å²) < 4.78 is 10.1. The van der Waals surface area contributed by atoms with E-state index >= 15 is 0 Å². The SMILES string of the molecule is O=C(NC(=S)NNC(=O)C1CC(=O)N(Cc2ccco2)C1)c1ccco1. The van der Waals surface area contributed by atoms with Crippen LogP contribution in [-0.2, 0) is 16.1 Å². The second kappa shape index (κ2) is 7.83. The van der Waals surface area contributed by atoms with E-state index in [-0.39, 0.29) is 29.7 Å². The predicted molar refractivity (Wildman–Crippen MR) is 92.3 cm³/mol. The summed E-state index contributed by atoms with van der Waals surface area (Å²) in [4.78, 5) is 37.5. The number of rotatable bonds is 4. The van der Waals surface area contributed by atoms with Crippen LogP contribution in [0.1, 0.15) is 22.7 Å². The van der Waals surface area contributed by atoms with Crippen LogP contribution in [-0.4, -0.2) is 34.3 Å². The number of nitrogens with one attached hydrogen (secondary N) is 3. The van der Waals surface area contributed by atoms with E-state index in [4.69, 9.17) is 21.1 Å². The highest BCUT2D eigenvalue weighted by atomic mass is 32.1. The molecule has 1 aliphatic rings. The molecule has 10 heteroatoms. The van der Waals surface area contributed by atoms with Crippen LogP contribution in [0.3, 0.4) is 0 Å². The van der Waals surface area contributed by atoms with Crippen molar-refractivity contribution in [3.63, 3.8) is 0 Å². The molecule has 1 fully saturated rings. The first kappa shape index (κ1) is 17.7. The van der Waals surface area contributed by atoms with E-state index in [9.17, 15) is 14.4 Å². The summed E-state index contributed by atoms with van der Waals surface area (Å²) in [6.45, 7) is 0.596. The largest absolute Gasteiger partial charge is 0.467 e. The molecule has 3 N–H and O–H groups in total. The normalized spacial score (nSPS) is 16.4. The molecule has 3 amide bonds. The maximum Gasteiger partial charge on any atom is 0.293 e. The van der Waals surface area contributed by atoms with Gasteiger partial charge in [0.2, 0.25) is 11.8 Å². The van der Waals surface area contributed by atoms with Gasteiger partial charge < -0.3 is 13.7 Å². The van der Waals surface area contributed by atoms with E-state index in [1.165, 1.54) is 18.6 Å². The summed E-state index contributed by atoms with van der Waals surface area (Å²) in [5, 5.41) is 2.27. The highest BCUT2D eigenvalue weighted by Crippen LogP contribution is 2.20. The predicted octanol–water partition coefficient (Wildman–Crippen LogP) is 0.557. The molecule has 1 unspecified atom stereocenters. The Balaban J connectivity index is 1.44. The van der Waals surface area contributed by atoms with Crippen LogP contribution in [0.5, 0.6) is 0 Å². The molecular formula is C16H16N4O5S. The minimum Gasteiger partial charge on any atom is -0.467 e. The molecule has 3 heterocycles. The molecule has 0 aromatic carbocycles. The maximum absolute atomic E-state index is 12.2. The zero-order valence-corrected chi connectivity index (χ0v) is 14.4. The fraction of sp³-hybridized carbons (Fsp3) is 0.250. The van der Waals surface area contributed by atoms with E-state index in [1.807, 2.05) is 0 Å². The third-order valence-electron chi connectivity index (χ3n) is 3.78. The van der Waals surface area contributed by atoms with Gasteiger partial charge in [0.15, 0.2) is 10.9 Å². The van der Waals surface area contributed by atoms with Gasteiger partial charge in [0.1, 0.15) is 5.76 Å². The lowest BCUT2D eigenvalue weighted by Gasteiger charge is -2.15. The van der Waals surface area contributed by atoms with Crippen LogP contribution < -0.4 is 16.2 Å². The molecule has 0 spiro atoms. The van der Waals surface area contributed by atoms with Gasteiger partial charge in [0.25, 0.3) is 5.91 Å². The molecule has 0 saturated carbocycles. The molecule has 3 rings (SSSR count). The Kier molecular flexibility index (Phi) is 5.32. The van der Waals surface area contributed by atoms with Gasteiger partial charge >= 0.3 is 0 Å². The van der Waals surface area contributed by atoms with Gasteiger partial charge in [0, 0.05) is 13.0 Å². The number of carbonyl (C=O) groups excluding carboxylic acids is 3. The van der Waals surface area contributed by atoms with E-state index in [0.717, 1.165) is 0 Å². The standard InChI is InChI=1S/C16H16N4O5S/c21-13-7-10(8-20(13)9-11-3-1-5-24-11)14(22)18-19-16(26)17-15(23)12-4-2-6-25-12/h1-6,10H,7-9H2,(H,18,22)(H2,17,19,23,26). The molecule has 2 aromatic rings. The first-order valence-corrected chi connectivity index (χ1v) is 8.18. The maximum atomic E-state index is 12.2. The van der Waals surface area contributed by atoms with E-state index in [2.05, 4.69) is 16.2 Å². The summed E-state index contributed by atoms with van der Waals surface area (Å²) in [6, 6.07) is 6.55. The van der Waals surface area contributed by atoms with Crippen molar-refractivity contribution in [2.45, 2.75) is 13.0 Å². The van der Waals surface area contributed by atoms with Crippen molar-refractivity contribution in [1.82, 2.24) is 21.1 Å². The van der Waals surface area contributed by atoms with Crippen molar-refractivity contribution in [2.75, 3.05) is 6.54 Å². The van der Waals surface area contributed by atoms with Gasteiger partial charge in [-0.15, -0.1) is 0 Å². The molecule has 1 saturated heterocycles. The Morgan fingerprint density at radius 2 is 1.96 bits per heavy atom. The smallest absolute Gasteiger partial charge is 0.293 e. The topological polar surface area (TPSA) is 117 Å². The van der Waals surface area contributed by atoms with Crippen LogP contribution in [0.25, 0.3) is 0 Å². The summed E-state index contributed by atoms with van der Waals surface area (Å²) >= 11 is 4.93. The lowest BCUT2D eigenvalue weighted by atomic mass is 10.1. The average Bonchev–Trinajstić information content (AvgIpc) is 3.35. The van der Waals surface area contributed by atoms with Crippen molar-refractivity contribution in [3.8, 4) is 0 Å². The highest BCUT2D eigenvalue weighted by Gasteiger charge is 2.34. The van der Waals surface area contributed by atoms with Crippen molar-refractivity contribution < 1.29 is 23.2 Å². The van der Waals surface area contributed by atoms with Crippen LogP contribution in [0.2, 0.25) is 0 Å². The first-order chi connectivity index (χ1) is 12.5. The second-order valence-corrected chi connectivity index (χ2v) is 6.04. The number of nitrogens with zero attached hydrogens (tertiary/aromatic N) is 1. The molecule has 0 radical (unpaired) electrons. The number of thiocarbonyl (C=S) groups is 1. The second-order valence-electron chi connectivity index (χ2n) is 5.63. The Labute approximate surface area is 153 Å². The Morgan fingerprint density at radius 3 is 2.65 bits per heavy atom. The Morgan fingerprint density at radius 1 is 1.19 bits per heavy atom. The number of furan rings is 2. The van der Waals surface area contributed by atoms with Crippen LogP contribution in [0.15, 0.2) is 45.6 Å². The Hall–Kier alpha value is -3.14. The number of likely N-dealkylation sites (tertiary alicyclic amines) is 1. The van der Waals surface area contributed by atoms with Crippen molar-refractivity contribution in [3.05, 3.63) is 48.3 Å². The van der Waals surface area contributed by atoms with Crippen molar-refractivity contribution in [2.24, 2.45) is 5.92 Å². The molecule has 0 bridgehead atoms. The van der Waals surface area contributed by atoms with Crippen LogP contribution in [0, 0.1) is 5.92 Å². The molecule has 9 nitrogen and oxygen atoms in total. The van der Waals surface area contributed by atoms with Gasteiger partial charge in [-0.05, 0) is 36.5 Å². The minimum atomic E-state index is -0.539. The summed E-state index contributed by atoms with van der Waals surface area (Å²) in [5.41, 5.74) is 4.83. The summed E-state index contributed by atoms with van der Waals surface area (Å²) in [7, 11) is 0. The zero-order chi connectivity index (χ0) is 18.5. The monoisotopic (exact) mass is 376 g/mol. The van der Waals surface area contributed by atoms with E-state index in [1.54, 1.807) is 23.1 Å². The zero-order valence-electron chi connectivity index (χ0n) is 13.6. The first-order valence-electron chi connectivity index (χ1n) is 7.78. The van der Waals surface area contributed by atoms with Crippen molar-refractivity contribution in [1.29, 1.82) is 0 Å². The van der Waals surface area contributed by atoms with Crippen molar-refractivity contribution >= 4 is 35.1 Å². The molecule has 1 aliphatic heterocycles. The fourth-order valence-electron chi connectivity index (χ4n) is 2.52.